The summed E-state index contributed by atoms with van der Waals surface area (Å²) < 4.78 is 33.1. The Morgan fingerprint density at radius 2 is 1.56 bits per heavy atom. The van der Waals surface area contributed by atoms with Gasteiger partial charge in [0.2, 0.25) is 27.7 Å². The van der Waals surface area contributed by atoms with E-state index < -0.39 is 79.4 Å². The Bertz CT molecular complexity index is 1690. The maximum atomic E-state index is 14.9. The summed E-state index contributed by atoms with van der Waals surface area (Å²) in [7, 11) is -3.87. The number of likely N-dealkylation sites (tertiary alicyclic amines) is 1. The van der Waals surface area contributed by atoms with E-state index in [4.69, 9.17) is 4.74 Å². The molecule has 0 aromatic heterocycles. The third-order valence-corrected chi connectivity index (χ3v) is 15.9. The molecular formula is C39H62N6O8S. The van der Waals surface area contributed by atoms with Crippen molar-refractivity contribution in [3.8, 4) is 0 Å². The second-order valence-corrected chi connectivity index (χ2v) is 21.5. The predicted octanol–water partition coefficient (Wildman–Crippen LogP) is 2.83. The molecule has 0 unspecified atom stereocenters. The van der Waals surface area contributed by atoms with E-state index in [-0.39, 0.29) is 35.0 Å². The zero-order valence-electron chi connectivity index (χ0n) is 33.4. The van der Waals surface area contributed by atoms with Crippen LogP contribution in [0, 0.1) is 33.0 Å². The number of fused-ring (bicyclic) bond motifs is 1. The zero-order chi connectivity index (χ0) is 39.9. The minimum absolute atomic E-state index is 0.0147. The highest BCUT2D eigenvalue weighted by atomic mass is 32.2. The molecule has 4 aliphatic carbocycles. The molecule has 0 aromatic carbocycles. The first-order chi connectivity index (χ1) is 25.0. The number of rotatable bonds is 11. The lowest BCUT2D eigenvalue weighted by Gasteiger charge is -2.37. The van der Waals surface area contributed by atoms with Gasteiger partial charge in [-0.1, -0.05) is 67.9 Å². The maximum absolute atomic E-state index is 14.9. The monoisotopic (exact) mass is 774 g/mol. The molecule has 6 amide bonds. The smallest absolute Gasteiger partial charge is 0.315 e. The van der Waals surface area contributed by atoms with Crippen molar-refractivity contribution < 1.29 is 37.1 Å². The number of urea groups is 1. The van der Waals surface area contributed by atoms with E-state index in [1.807, 2.05) is 41.5 Å². The van der Waals surface area contributed by atoms with Crippen LogP contribution in [0.25, 0.3) is 0 Å². The molecule has 14 nitrogen and oxygen atoms in total. The summed E-state index contributed by atoms with van der Waals surface area (Å²) in [6.07, 6.45) is 6.27. The fourth-order valence-electron chi connectivity index (χ4n) is 9.92. The van der Waals surface area contributed by atoms with Gasteiger partial charge in [-0.25, -0.2) is 13.2 Å². The van der Waals surface area contributed by atoms with Crippen molar-refractivity contribution in [3.63, 3.8) is 0 Å². The molecule has 6 rings (SSSR count). The van der Waals surface area contributed by atoms with Crippen LogP contribution in [0.2, 0.25) is 0 Å². The molecule has 2 saturated heterocycles. The highest BCUT2D eigenvalue weighted by Crippen LogP contribution is 2.88. The van der Waals surface area contributed by atoms with Crippen LogP contribution in [0.5, 0.6) is 0 Å². The minimum atomic E-state index is -3.87. The van der Waals surface area contributed by atoms with Crippen molar-refractivity contribution in [1.29, 1.82) is 0 Å². The molecule has 6 atom stereocenters. The average Bonchev–Trinajstić information content (AvgIpc) is 4.00. The van der Waals surface area contributed by atoms with Crippen LogP contribution in [0.15, 0.2) is 12.7 Å². The summed E-state index contributed by atoms with van der Waals surface area (Å²) in [6, 6.07) is -3.11. The Labute approximate surface area is 320 Å². The number of nitrogens with zero attached hydrogens (tertiary/aromatic N) is 2. The van der Waals surface area contributed by atoms with E-state index in [0.29, 0.717) is 52.1 Å². The molecule has 6 aliphatic rings. The maximum Gasteiger partial charge on any atom is 0.315 e. The molecule has 2 heterocycles. The number of hydrogen-bond acceptors (Lipinski definition) is 8. The van der Waals surface area contributed by atoms with E-state index in [2.05, 4.69) is 41.1 Å². The average molecular weight is 775 g/mol. The Balaban J connectivity index is 1.23. The van der Waals surface area contributed by atoms with Crippen LogP contribution in [-0.4, -0.2) is 110 Å². The number of sulfonamides is 1. The lowest BCUT2D eigenvalue weighted by molar-refractivity contribution is -0.142. The molecule has 0 radical (unpaired) electrons. The Kier molecular flexibility index (Phi) is 10.1. The largest absolute Gasteiger partial charge is 0.378 e. The summed E-state index contributed by atoms with van der Waals surface area (Å²) in [5, 5.41) is 8.24. The van der Waals surface area contributed by atoms with Gasteiger partial charge >= 0.3 is 6.03 Å². The van der Waals surface area contributed by atoms with Gasteiger partial charge in [0.25, 0.3) is 5.91 Å². The Morgan fingerprint density at radius 3 is 2.04 bits per heavy atom. The lowest BCUT2D eigenvalue weighted by Crippen LogP contribution is -2.62. The molecular weight excluding hydrogens is 713 g/mol. The van der Waals surface area contributed by atoms with E-state index in [9.17, 15) is 32.4 Å². The second-order valence-electron chi connectivity index (χ2n) is 19.5. The first kappa shape index (κ1) is 40.5. The van der Waals surface area contributed by atoms with Gasteiger partial charge in [-0.15, -0.1) is 6.58 Å². The minimum Gasteiger partial charge on any atom is -0.378 e. The third-order valence-electron chi connectivity index (χ3n) is 14.1. The fourth-order valence-corrected chi connectivity index (χ4v) is 11.3. The van der Waals surface area contributed by atoms with E-state index in [1.54, 1.807) is 15.9 Å². The summed E-state index contributed by atoms with van der Waals surface area (Å²) in [6.45, 7) is 21.9. The molecule has 4 saturated carbocycles. The number of nitrogens with one attached hydrogen (secondary N) is 4. The highest BCUT2D eigenvalue weighted by Gasteiger charge is 2.85. The van der Waals surface area contributed by atoms with Crippen molar-refractivity contribution in [2.45, 2.75) is 136 Å². The summed E-state index contributed by atoms with van der Waals surface area (Å²) in [5.41, 5.74) is -3.23. The topological polar surface area (TPSA) is 183 Å². The fraction of sp³-hybridized carbons (Fsp3) is 0.821. The van der Waals surface area contributed by atoms with Crippen LogP contribution in [-0.2, 0) is 33.9 Å². The van der Waals surface area contributed by atoms with Crippen molar-refractivity contribution in [2.24, 2.45) is 33.0 Å². The highest BCUT2D eigenvalue weighted by molar-refractivity contribution is 7.91. The van der Waals surface area contributed by atoms with E-state index in [1.165, 1.54) is 0 Å². The predicted molar refractivity (Wildman–Crippen MR) is 202 cm³/mol. The lowest BCUT2D eigenvalue weighted by atomic mass is 9.73. The van der Waals surface area contributed by atoms with Crippen LogP contribution < -0.4 is 20.7 Å². The van der Waals surface area contributed by atoms with Crippen LogP contribution in [0.3, 0.4) is 0 Å². The number of carbonyl (C=O) groups is 5. The number of hydrogen-bond donors (Lipinski definition) is 4. The van der Waals surface area contributed by atoms with Crippen LogP contribution >= 0.6 is 0 Å². The number of carbonyl (C=O) groups excluding carboxylic acids is 5. The molecule has 6 fully saturated rings. The molecule has 2 spiro atoms. The molecule has 302 valence electrons. The molecule has 15 heteroatoms. The third kappa shape index (κ3) is 6.83. The first-order valence-corrected chi connectivity index (χ1v) is 21.2. The standard InChI is InChI=1S/C39H62N6O8S/c1-10-24-21-39(24,32(49)43-54(51,52)25-12-13-25)42-30(47)26-22-38(36(8,9)37(38)14-11-15-37)23-45(26)31(48)29(35(5,6)7)41-33(50)40-27(34(2,3)4)20-28(46)44-16-18-53-19-17-44/h10,24-27,29H,1,11-23H2,2-9H3,(H,42,47)(H,43,49)(H2,40,41,50)/t24-,26+,27-,29-,38-,39-/m1/s1. The van der Waals surface area contributed by atoms with Gasteiger partial charge in [-0.2, -0.15) is 0 Å². The van der Waals surface area contributed by atoms with Gasteiger partial charge in [0, 0.05) is 43.4 Å². The summed E-state index contributed by atoms with van der Waals surface area (Å²) >= 11 is 0. The van der Waals surface area contributed by atoms with Crippen LogP contribution in [0.1, 0.15) is 107 Å². The van der Waals surface area contributed by atoms with E-state index >= 15 is 0 Å². The van der Waals surface area contributed by atoms with Crippen molar-refractivity contribution >= 4 is 39.7 Å². The van der Waals surface area contributed by atoms with Gasteiger partial charge < -0.3 is 30.5 Å². The Hall–Kier alpha value is -3.20. The van der Waals surface area contributed by atoms with Gasteiger partial charge in [0.05, 0.1) is 18.5 Å². The van der Waals surface area contributed by atoms with Gasteiger partial charge in [-0.3, -0.25) is 23.9 Å². The SMILES string of the molecule is C=C[C@@H]1C[C@]1(NC(=O)[C@@H]1C[C@@]2(CN1C(=O)[C@@H](NC(=O)N[C@H](CC(=O)N1CCOCC1)C(C)(C)C)C(C)(C)C)C(C)(C)C21CCC1)C(=O)NS(=O)(=O)C1CC1. The molecule has 0 bridgehead atoms. The quantitative estimate of drug-likeness (QED) is 0.231. The van der Waals surface area contributed by atoms with Gasteiger partial charge in [-0.05, 0) is 60.2 Å². The zero-order valence-corrected chi connectivity index (χ0v) is 34.2. The summed E-state index contributed by atoms with van der Waals surface area (Å²) in [4.78, 5) is 73.4. The number of ether oxygens (including phenoxy) is 1. The van der Waals surface area contributed by atoms with Crippen LogP contribution in [0.4, 0.5) is 4.79 Å². The van der Waals surface area contributed by atoms with Crippen molar-refractivity contribution in [1.82, 2.24) is 30.5 Å². The summed E-state index contributed by atoms with van der Waals surface area (Å²) in [5.74, 6) is -2.26. The van der Waals surface area contributed by atoms with Crippen molar-refractivity contribution in [3.05, 3.63) is 12.7 Å². The molecule has 2 aliphatic heterocycles. The van der Waals surface area contributed by atoms with Gasteiger partial charge in [0.1, 0.15) is 17.6 Å². The number of amides is 6. The second kappa shape index (κ2) is 13.5. The van der Waals surface area contributed by atoms with Crippen molar-refractivity contribution in [2.75, 3.05) is 32.8 Å². The molecule has 0 aromatic rings. The molecule has 54 heavy (non-hydrogen) atoms. The van der Waals surface area contributed by atoms with Gasteiger partial charge in [0.15, 0.2) is 0 Å². The normalized spacial score (nSPS) is 30.8. The Morgan fingerprint density at radius 1 is 0.926 bits per heavy atom. The van der Waals surface area contributed by atoms with E-state index in [0.717, 1.165) is 19.3 Å². The number of morpholine rings is 1. The first-order valence-electron chi connectivity index (χ1n) is 19.7. The molecule has 4 N–H and O–H groups in total.